The number of piperidine rings is 1. The number of amides is 1. The van der Waals surface area contributed by atoms with Gasteiger partial charge in [-0.2, -0.15) is 0 Å². The molecule has 1 saturated heterocycles. The molecule has 1 amide bonds. The maximum Gasteiger partial charge on any atom is 0.308 e. The first kappa shape index (κ1) is 13.0. The van der Waals surface area contributed by atoms with Crippen molar-refractivity contribution in [3.63, 3.8) is 0 Å². The Kier molecular flexibility index (Phi) is 3.34. The molecular weight excluding hydrogens is 256 g/mol. The Morgan fingerprint density at radius 3 is 2.85 bits per heavy atom. The number of rotatable bonds is 2. The number of aliphatic carboxylic acids is 1. The van der Waals surface area contributed by atoms with Crippen LogP contribution in [-0.4, -0.2) is 41.0 Å². The summed E-state index contributed by atoms with van der Waals surface area (Å²) in [5.41, 5.74) is 2.16. The number of anilines is 1. The molecule has 2 heterocycles. The summed E-state index contributed by atoms with van der Waals surface area (Å²) in [7, 11) is 0. The van der Waals surface area contributed by atoms with Crippen LogP contribution in [0.15, 0.2) is 24.3 Å². The van der Waals surface area contributed by atoms with E-state index in [0.717, 1.165) is 17.7 Å². The highest BCUT2D eigenvalue weighted by atomic mass is 16.4. The molecule has 106 valence electrons. The molecule has 2 aliphatic rings. The summed E-state index contributed by atoms with van der Waals surface area (Å²) < 4.78 is 0. The number of carbonyl (C=O) groups excluding carboxylic acids is 1. The quantitative estimate of drug-likeness (QED) is 0.854. The number of likely N-dealkylation sites (tertiary alicyclic amines) is 1. The zero-order valence-corrected chi connectivity index (χ0v) is 11.2. The fraction of sp³-hybridized carbons (Fsp3) is 0.467. The van der Waals surface area contributed by atoms with Crippen molar-refractivity contribution in [2.75, 3.05) is 18.4 Å². The van der Waals surface area contributed by atoms with Crippen molar-refractivity contribution in [2.45, 2.75) is 25.3 Å². The van der Waals surface area contributed by atoms with E-state index >= 15 is 0 Å². The van der Waals surface area contributed by atoms with Gasteiger partial charge in [-0.1, -0.05) is 18.2 Å². The third-order valence-corrected chi connectivity index (χ3v) is 4.15. The predicted molar refractivity (Wildman–Crippen MR) is 74.5 cm³/mol. The summed E-state index contributed by atoms with van der Waals surface area (Å²) in [4.78, 5) is 25.3. The van der Waals surface area contributed by atoms with Gasteiger partial charge < -0.3 is 15.3 Å². The summed E-state index contributed by atoms with van der Waals surface area (Å²) in [5.74, 6) is -1.20. The van der Waals surface area contributed by atoms with Gasteiger partial charge in [-0.25, -0.2) is 0 Å². The van der Waals surface area contributed by atoms with Gasteiger partial charge in [0.1, 0.15) is 6.04 Å². The molecule has 5 heteroatoms. The van der Waals surface area contributed by atoms with Crippen LogP contribution in [0.4, 0.5) is 5.69 Å². The van der Waals surface area contributed by atoms with Crippen LogP contribution in [0.2, 0.25) is 0 Å². The van der Waals surface area contributed by atoms with Gasteiger partial charge in [-0.3, -0.25) is 9.59 Å². The Labute approximate surface area is 117 Å². The summed E-state index contributed by atoms with van der Waals surface area (Å²) in [5, 5.41) is 12.3. The van der Waals surface area contributed by atoms with Crippen LogP contribution in [-0.2, 0) is 16.0 Å². The van der Waals surface area contributed by atoms with E-state index < -0.39 is 11.9 Å². The van der Waals surface area contributed by atoms with Crippen molar-refractivity contribution in [1.82, 2.24) is 4.90 Å². The van der Waals surface area contributed by atoms with Crippen LogP contribution >= 0.6 is 0 Å². The molecule has 0 radical (unpaired) electrons. The Balaban J connectivity index is 1.67. The highest BCUT2D eigenvalue weighted by molar-refractivity contribution is 5.88. The van der Waals surface area contributed by atoms with E-state index in [4.69, 9.17) is 5.11 Å². The van der Waals surface area contributed by atoms with Gasteiger partial charge >= 0.3 is 5.97 Å². The van der Waals surface area contributed by atoms with Crippen molar-refractivity contribution < 1.29 is 14.7 Å². The van der Waals surface area contributed by atoms with E-state index in [0.29, 0.717) is 25.9 Å². The highest BCUT2D eigenvalue weighted by Crippen LogP contribution is 2.27. The number of fused-ring (bicyclic) bond motifs is 1. The van der Waals surface area contributed by atoms with Crippen molar-refractivity contribution in [2.24, 2.45) is 5.92 Å². The van der Waals surface area contributed by atoms with Crippen LogP contribution in [0.3, 0.4) is 0 Å². The zero-order chi connectivity index (χ0) is 14.1. The fourth-order valence-corrected chi connectivity index (χ4v) is 3.05. The maximum absolute atomic E-state index is 12.5. The minimum Gasteiger partial charge on any atom is -0.481 e. The lowest BCUT2D eigenvalue weighted by atomic mass is 9.97. The van der Waals surface area contributed by atoms with E-state index in [2.05, 4.69) is 5.32 Å². The largest absolute Gasteiger partial charge is 0.481 e. The van der Waals surface area contributed by atoms with Crippen LogP contribution in [0.25, 0.3) is 0 Å². The minimum absolute atomic E-state index is 0.0205. The summed E-state index contributed by atoms with van der Waals surface area (Å²) in [6.45, 7) is 1.000. The monoisotopic (exact) mass is 274 g/mol. The van der Waals surface area contributed by atoms with Gasteiger partial charge in [0.05, 0.1) is 5.92 Å². The number of nitrogens with one attached hydrogen (secondary N) is 1. The molecule has 1 unspecified atom stereocenters. The second-order valence-electron chi connectivity index (χ2n) is 5.52. The van der Waals surface area contributed by atoms with Crippen molar-refractivity contribution >= 4 is 17.6 Å². The second-order valence-corrected chi connectivity index (χ2v) is 5.52. The molecule has 2 N–H and O–H groups in total. The minimum atomic E-state index is -0.801. The fourth-order valence-electron chi connectivity index (χ4n) is 3.05. The molecule has 0 aliphatic carbocycles. The Morgan fingerprint density at radius 2 is 2.10 bits per heavy atom. The number of para-hydroxylation sites is 1. The molecule has 1 aromatic carbocycles. The molecule has 1 aromatic rings. The number of benzene rings is 1. The number of nitrogens with zero attached hydrogens (tertiary/aromatic N) is 1. The third kappa shape index (κ3) is 2.35. The average Bonchev–Trinajstić information content (AvgIpc) is 2.90. The first-order chi connectivity index (χ1) is 9.65. The molecular formula is C15H18N2O3. The summed E-state index contributed by atoms with van der Waals surface area (Å²) >= 11 is 0. The number of hydrogen-bond acceptors (Lipinski definition) is 3. The van der Waals surface area contributed by atoms with Gasteiger partial charge in [0, 0.05) is 25.2 Å². The Morgan fingerprint density at radius 1 is 1.30 bits per heavy atom. The van der Waals surface area contributed by atoms with Crippen molar-refractivity contribution in [1.29, 1.82) is 0 Å². The average molecular weight is 274 g/mol. The standard InChI is InChI=1S/C15H18N2O3/c18-14(17-7-3-5-11(9-17)15(19)20)13-8-10-4-1-2-6-12(10)16-13/h1-2,4,6,11,13,16H,3,5,7-9H2,(H,19,20)/t11-,13?/m1/s1. The molecule has 3 rings (SSSR count). The van der Waals surface area contributed by atoms with E-state index in [1.165, 1.54) is 0 Å². The number of carboxylic acid groups (broad SMARTS) is 1. The van der Waals surface area contributed by atoms with E-state index in [1.807, 2.05) is 24.3 Å². The normalized spacial score (nSPS) is 24.9. The van der Waals surface area contributed by atoms with Gasteiger partial charge in [-0.05, 0) is 24.5 Å². The van der Waals surface area contributed by atoms with Gasteiger partial charge in [0.25, 0.3) is 0 Å². The first-order valence-corrected chi connectivity index (χ1v) is 7.01. The van der Waals surface area contributed by atoms with E-state index in [1.54, 1.807) is 4.90 Å². The summed E-state index contributed by atoms with van der Waals surface area (Å²) in [6, 6.07) is 7.65. The lowest BCUT2D eigenvalue weighted by Crippen LogP contribution is -2.48. The zero-order valence-electron chi connectivity index (χ0n) is 11.2. The molecule has 0 aromatic heterocycles. The van der Waals surface area contributed by atoms with Crippen molar-refractivity contribution in [3.05, 3.63) is 29.8 Å². The number of carboxylic acids is 1. The second kappa shape index (κ2) is 5.15. The van der Waals surface area contributed by atoms with Crippen molar-refractivity contribution in [3.8, 4) is 0 Å². The highest BCUT2D eigenvalue weighted by Gasteiger charge is 2.34. The van der Waals surface area contributed by atoms with Gasteiger partial charge in [0.2, 0.25) is 5.91 Å². The molecule has 2 atom stereocenters. The van der Waals surface area contributed by atoms with Crippen LogP contribution in [0.5, 0.6) is 0 Å². The Hall–Kier alpha value is -2.04. The van der Waals surface area contributed by atoms with Gasteiger partial charge in [-0.15, -0.1) is 0 Å². The van der Waals surface area contributed by atoms with E-state index in [-0.39, 0.29) is 11.9 Å². The molecule has 20 heavy (non-hydrogen) atoms. The van der Waals surface area contributed by atoms with Gasteiger partial charge in [0.15, 0.2) is 0 Å². The molecule has 0 bridgehead atoms. The smallest absolute Gasteiger partial charge is 0.308 e. The SMILES string of the molecule is O=C(O)[C@@H]1CCCN(C(=O)C2Cc3ccccc3N2)C1. The molecule has 2 aliphatic heterocycles. The topological polar surface area (TPSA) is 69.6 Å². The van der Waals surface area contributed by atoms with Crippen LogP contribution in [0.1, 0.15) is 18.4 Å². The molecule has 5 nitrogen and oxygen atoms in total. The first-order valence-electron chi connectivity index (χ1n) is 7.01. The molecule has 0 saturated carbocycles. The lowest BCUT2D eigenvalue weighted by molar-refractivity contribution is -0.145. The number of hydrogen-bond donors (Lipinski definition) is 2. The Bertz CT molecular complexity index is 519. The predicted octanol–water partition coefficient (Wildman–Crippen LogP) is 1.35. The van der Waals surface area contributed by atoms with E-state index in [9.17, 15) is 9.59 Å². The number of carbonyl (C=O) groups is 2. The molecule has 1 fully saturated rings. The maximum atomic E-state index is 12.5. The lowest BCUT2D eigenvalue weighted by Gasteiger charge is -2.32. The van der Waals surface area contributed by atoms with Crippen LogP contribution < -0.4 is 5.32 Å². The van der Waals surface area contributed by atoms with Crippen LogP contribution in [0, 0.1) is 5.92 Å². The summed E-state index contributed by atoms with van der Waals surface area (Å²) in [6.07, 6.45) is 2.11. The third-order valence-electron chi connectivity index (χ3n) is 4.15. The molecule has 0 spiro atoms.